The summed E-state index contributed by atoms with van der Waals surface area (Å²) < 4.78 is 10.7. The average Bonchev–Trinajstić information content (AvgIpc) is 3.09. The lowest BCUT2D eigenvalue weighted by Gasteiger charge is -2.14. The van der Waals surface area contributed by atoms with Gasteiger partial charge in [0, 0.05) is 10.6 Å². The highest BCUT2D eigenvalue weighted by Crippen LogP contribution is 2.18. The van der Waals surface area contributed by atoms with Crippen molar-refractivity contribution >= 4 is 17.5 Å². The Bertz CT molecular complexity index is 852. The van der Waals surface area contributed by atoms with E-state index in [4.69, 9.17) is 20.9 Å². The second kappa shape index (κ2) is 7.81. The van der Waals surface area contributed by atoms with Gasteiger partial charge in [0.2, 0.25) is 11.7 Å². The van der Waals surface area contributed by atoms with E-state index in [-0.39, 0.29) is 12.5 Å². The van der Waals surface area contributed by atoms with Crippen molar-refractivity contribution in [1.29, 1.82) is 0 Å². The van der Waals surface area contributed by atoms with Crippen molar-refractivity contribution in [3.63, 3.8) is 0 Å². The van der Waals surface area contributed by atoms with Crippen LogP contribution in [0.2, 0.25) is 5.02 Å². The molecule has 1 atom stereocenters. The standard InChI is InChI=1S/C18H16ClN3O3/c1-12(24-15-9-5-8-14(19)10-15)18(23)20-11-16-21-17(22-25-16)13-6-3-2-4-7-13/h2-10,12H,11H2,1H3,(H,20,23)/t12-/m0/s1. The molecule has 1 N–H and O–H groups in total. The van der Waals surface area contributed by atoms with Crippen LogP contribution in [0.5, 0.6) is 5.75 Å². The lowest BCUT2D eigenvalue weighted by atomic mass is 10.2. The van der Waals surface area contributed by atoms with Crippen LogP contribution in [0, 0.1) is 0 Å². The number of nitrogens with one attached hydrogen (secondary N) is 1. The molecular formula is C18H16ClN3O3. The third kappa shape index (κ3) is 4.58. The molecule has 7 heteroatoms. The lowest BCUT2D eigenvalue weighted by Crippen LogP contribution is -2.35. The third-order valence-corrected chi connectivity index (χ3v) is 3.63. The summed E-state index contributed by atoms with van der Waals surface area (Å²) in [7, 11) is 0. The fourth-order valence-electron chi connectivity index (χ4n) is 2.14. The summed E-state index contributed by atoms with van der Waals surface area (Å²) in [6.45, 7) is 1.78. The van der Waals surface area contributed by atoms with Crippen LogP contribution in [0.4, 0.5) is 0 Å². The minimum absolute atomic E-state index is 0.127. The molecule has 0 aliphatic rings. The number of amides is 1. The van der Waals surface area contributed by atoms with Gasteiger partial charge in [-0.05, 0) is 25.1 Å². The summed E-state index contributed by atoms with van der Waals surface area (Å²) in [6, 6.07) is 16.3. The Kier molecular flexibility index (Phi) is 5.30. The van der Waals surface area contributed by atoms with Gasteiger partial charge in [-0.25, -0.2) is 0 Å². The quantitative estimate of drug-likeness (QED) is 0.730. The molecule has 128 valence electrons. The van der Waals surface area contributed by atoms with E-state index in [1.807, 2.05) is 30.3 Å². The Morgan fingerprint density at radius 2 is 2.04 bits per heavy atom. The molecule has 0 aliphatic heterocycles. The number of hydrogen-bond donors (Lipinski definition) is 1. The monoisotopic (exact) mass is 357 g/mol. The zero-order valence-electron chi connectivity index (χ0n) is 13.5. The molecule has 3 aromatic rings. The van der Waals surface area contributed by atoms with Crippen LogP contribution < -0.4 is 10.1 Å². The molecule has 0 radical (unpaired) electrons. The van der Waals surface area contributed by atoms with Gasteiger partial charge in [-0.2, -0.15) is 4.98 Å². The molecule has 0 aliphatic carbocycles. The fraction of sp³-hybridized carbons (Fsp3) is 0.167. The first-order valence-electron chi connectivity index (χ1n) is 7.70. The summed E-state index contributed by atoms with van der Waals surface area (Å²) in [4.78, 5) is 16.4. The zero-order valence-corrected chi connectivity index (χ0v) is 14.2. The molecule has 0 fully saturated rings. The summed E-state index contributed by atoms with van der Waals surface area (Å²) in [6.07, 6.45) is -0.685. The molecular weight excluding hydrogens is 342 g/mol. The third-order valence-electron chi connectivity index (χ3n) is 3.39. The van der Waals surface area contributed by atoms with Crippen LogP contribution in [-0.4, -0.2) is 22.2 Å². The molecule has 1 amide bonds. The van der Waals surface area contributed by atoms with E-state index in [9.17, 15) is 4.79 Å². The topological polar surface area (TPSA) is 77.2 Å². The average molecular weight is 358 g/mol. The van der Waals surface area contributed by atoms with Crippen molar-refractivity contribution in [2.45, 2.75) is 19.6 Å². The van der Waals surface area contributed by atoms with E-state index in [0.717, 1.165) is 5.56 Å². The SMILES string of the molecule is C[C@H](Oc1cccc(Cl)c1)C(=O)NCc1nc(-c2ccccc2)no1. The Hall–Kier alpha value is -2.86. The van der Waals surface area contributed by atoms with E-state index < -0.39 is 6.10 Å². The second-order valence-corrected chi connectivity index (χ2v) is 5.75. The Morgan fingerprint density at radius 3 is 2.80 bits per heavy atom. The first kappa shape index (κ1) is 17.0. The van der Waals surface area contributed by atoms with Gasteiger partial charge >= 0.3 is 0 Å². The van der Waals surface area contributed by atoms with Crippen LogP contribution in [-0.2, 0) is 11.3 Å². The number of ether oxygens (including phenoxy) is 1. The molecule has 2 aromatic carbocycles. The number of carbonyl (C=O) groups excluding carboxylic acids is 1. The van der Waals surface area contributed by atoms with Crippen molar-refractivity contribution in [1.82, 2.24) is 15.5 Å². The lowest BCUT2D eigenvalue weighted by molar-refractivity contribution is -0.127. The number of carbonyl (C=O) groups is 1. The first-order valence-corrected chi connectivity index (χ1v) is 8.07. The molecule has 3 rings (SSSR count). The highest BCUT2D eigenvalue weighted by atomic mass is 35.5. The van der Waals surface area contributed by atoms with E-state index >= 15 is 0 Å². The van der Waals surface area contributed by atoms with Gasteiger partial charge in [-0.1, -0.05) is 53.2 Å². The molecule has 25 heavy (non-hydrogen) atoms. The largest absolute Gasteiger partial charge is 0.481 e. The summed E-state index contributed by atoms with van der Waals surface area (Å²) in [5.41, 5.74) is 0.849. The minimum atomic E-state index is -0.685. The van der Waals surface area contributed by atoms with Gasteiger partial charge in [-0.15, -0.1) is 0 Å². The van der Waals surface area contributed by atoms with Gasteiger partial charge in [0.25, 0.3) is 5.91 Å². The second-order valence-electron chi connectivity index (χ2n) is 5.31. The number of aromatic nitrogens is 2. The van der Waals surface area contributed by atoms with Crippen molar-refractivity contribution in [2.24, 2.45) is 0 Å². The Labute approximate surface area is 149 Å². The molecule has 0 unspecified atom stereocenters. The number of halogens is 1. The summed E-state index contributed by atoms with van der Waals surface area (Å²) in [5.74, 6) is 1.04. The molecule has 1 aromatic heterocycles. The molecule has 1 heterocycles. The van der Waals surface area contributed by atoms with Gasteiger partial charge in [-0.3, -0.25) is 4.79 Å². The van der Waals surface area contributed by atoms with Gasteiger partial charge in [0.05, 0.1) is 6.54 Å². The maximum Gasteiger partial charge on any atom is 0.261 e. The highest BCUT2D eigenvalue weighted by molar-refractivity contribution is 6.30. The molecule has 0 saturated carbocycles. The molecule has 0 spiro atoms. The number of rotatable bonds is 6. The fourth-order valence-corrected chi connectivity index (χ4v) is 2.32. The van der Waals surface area contributed by atoms with Crippen molar-refractivity contribution in [3.8, 4) is 17.1 Å². The molecule has 0 saturated heterocycles. The van der Waals surface area contributed by atoms with E-state index in [1.165, 1.54) is 0 Å². The van der Waals surface area contributed by atoms with Crippen LogP contribution in [0.15, 0.2) is 59.1 Å². The van der Waals surface area contributed by atoms with Gasteiger partial charge in [0.1, 0.15) is 5.75 Å². The van der Waals surface area contributed by atoms with Crippen molar-refractivity contribution in [2.75, 3.05) is 0 Å². The number of benzene rings is 2. The van der Waals surface area contributed by atoms with E-state index in [2.05, 4.69) is 15.5 Å². The van der Waals surface area contributed by atoms with Crippen molar-refractivity contribution in [3.05, 3.63) is 65.5 Å². The van der Waals surface area contributed by atoms with Crippen molar-refractivity contribution < 1.29 is 14.1 Å². The van der Waals surface area contributed by atoms with Gasteiger partial charge in [0.15, 0.2) is 6.10 Å². The maximum absolute atomic E-state index is 12.1. The molecule has 6 nitrogen and oxygen atoms in total. The van der Waals surface area contributed by atoms with Crippen LogP contribution in [0.25, 0.3) is 11.4 Å². The minimum Gasteiger partial charge on any atom is -0.481 e. The summed E-state index contributed by atoms with van der Waals surface area (Å²) >= 11 is 5.89. The van der Waals surface area contributed by atoms with E-state index in [1.54, 1.807) is 31.2 Å². The number of hydrogen-bond acceptors (Lipinski definition) is 5. The number of nitrogens with zero attached hydrogens (tertiary/aromatic N) is 2. The van der Waals surface area contributed by atoms with Crippen LogP contribution in [0.1, 0.15) is 12.8 Å². The smallest absolute Gasteiger partial charge is 0.261 e. The normalized spacial score (nSPS) is 11.8. The Morgan fingerprint density at radius 1 is 1.24 bits per heavy atom. The van der Waals surface area contributed by atoms with Crippen LogP contribution >= 0.6 is 11.6 Å². The predicted octanol–water partition coefficient (Wildman–Crippen LogP) is 3.47. The highest BCUT2D eigenvalue weighted by Gasteiger charge is 2.16. The van der Waals surface area contributed by atoms with Crippen LogP contribution in [0.3, 0.4) is 0 Å². The predicted molar refractivity (Wildman–Crippen MR) is 93.1 cm³/mol. The van der Waals surface area contributed by atoms with Gasteiger partial charge < -0.3 is 14.6 Å². The van der Waals surface area contributed by atoms with E-state index in [0.29, 0.717) is 22.5 Å². The summed E-state index contributed by atoms with van der Waals surface area (Å²) in [5, 5.41) is 7.15. The zero-order chi connectivity index (χ0) is 17.6. The first-order chi connectivity index (χ1) is 12.1. The Balaban J connectivity index is 1.54. The maximum atomic E-state index is 12.1. The molecule has 0 bridgehead atoms.